The lowest BCUT2D eigenvalue weighted by Crippen LogP contribution is -2.09. The quantitative estimate of drug-likeness (QED) is 0.167. The van der Waals surface area contributed by atoms with Gasteiger partial charge >= 0.3 is 0 Å². The second-order valence-electron chi connectivity index (χ2n) is 14.6. The number of fused-ring (bicyclic) bond motifs is 4. The molecule has 9 rings (SSSR count). The molecule has 0 aliphatic carbocycles. The van der Waals surface area contributed by atoms with E-state index < -0.39 is 0 Å². The maximum Gasteiger partial charge on any atom is 0.153 e. The second kappa shape index (κ2) is 13.4. The summed E-state index contributed by atoms with van der Waals surface area (Å²) in [6, 6.07) is 55.4. The minimum absolute atomic E-state index is 0.228. The summed E-state index contributed by atoms with van der Waals surface area (Å²) >= 11 is 0. The van der Waals surface area contributed by atoms with Gasteiger partial charge in [0.15, 0.2) is 5.58 Å². The van der Waals surface area contributed by atoms with E-state index in [0.717, 1.165) is 55.6 Å². The average molecular weight is 698 g/mol. The minimum Gasteiger partial charge on any atom is -0.454 e. The molecular weight excluding hydrogens is 659 g/mol. The molecule has 0 atom stereocenters. The van der Waals surface area contributed by atoms with Gasteiger partial charge in [0.2, 0.25) is 0 Å². The van der Waals surface area contributed by atoms with Crippen LogP contribution in [0.1, 0.15) is 56.2 Å². The van der Waals surface area contributed by atoms with Gasteiger partial charge in [0, 0.05) is 16.3 Å². The van der Waals surface area contributed by atoms with Crippen molar-refractivity contribution in [2.24, 2.45) is 0 Å². The summed E-state index contributed by atoms with van der Waals surface area (Å²) in [5.74, 6) is 1.27. The molecule has 7 aromatic carbocycles. The van der Waals surface area contributed by atoms with Crippen molar-refractivity contribution < 1.29 is 4.42 Å². The molecule has 0 unspecified atom stereocenters. The number of rotatable bonds is 7. The summed E-state index contributed by atoms with van der Waals surface area (Å²) in [5.41, 5.74) is 15.0. The molecule has 0 amide bonds. The highest BCUT2D eigenvalue weighted by Crippen LogP contribution is 2.44. The molecule has 9 aromatic rings. The van der Waals surface area contributed by atoms with Crippen LogP contribution in [0.25, 0.3) is 83.4 Å². The van der Waals surface area contributed by atoms with E-state index in [4.69, 9.17) is 9.40 Å². The van der Waals surface area contributed by atoms with Crippen LogP contribution in [-0.2, 0) is 0 Å². The predicted molar refractivity (Wildman–Crippen MR) is 223 cm³/mol. The summed E-state index contributed by atoms with van der Waals surface area (Å²) in [6.07, 6.45) is 0. The summed E-state index contributed by atoms with van der Waals surface area (Å²) in [7, 11) is 0. The number of nitrogens with zero attached hydrogens (tertiary/aromatic N) is 3. The molecule has 2 heterocycles. The van der Waals surface area contributed by atoms with E-state index in [9.17, 15) is 5.26 Å². The van der Waals surface area contributed by atoms with Crippen molar-refractivity contribution in [1.82, 2.24) is 9.55 Å². The first kappa shape index (κ1) is 33.2. The molecule has 260 valence electrons. The first-order valence-electron chi connectivity index (χ1n) is 18.7. The van der Waals surface area contributed by atoms with Gasteiger partial charge in [0.25, 0.3) is 0 Å². The number of benzene rings is 7. The maximum absolute atomic E-state index is 10.5. The fourth-order valence-electron chi connectivity index (χ4n) is 7.91. The smallest absolute Gasteiger partial charge is 0.153 e. The van der Waals surface area contributed by atoms with E-state index in [0.29, 0.717) is 11.1 Å². The molecular formula is C50H39N3O. The highest BCUT2D eigenvalue weighted by atomic mass is 16.3. The fraction of sp³-hybridized carbons (Fsp3) is 0.120. The zero-order valence-corrected chi connectivity index (χ0v) is 30.8. The molecule has 0 radical (unpaired) electrons. The van der Waals surface area contributed by atoms with E-state index in [2.05, 4.69) is 148 Å². The van der Waals surface area contributed by atoms with Crippen LogP contribution < -0.4 is 0 Å². The van der Waals surface area contributed by atoms with Crippen molar-refractivity contribution in [2.75, 3.05) is 0 Å². The number of furan rings is 1. The second-order valence-corrected chi connectivity index (χ2v) is 14.6. The van der Waals surface area contributed by atoms with Crippen LogP contribution in [0.15, 0.2) is 156 Å². The van der Waals surface area contributed by atoms with E-state index in [1.54, 1.807) is 0 Å². The van der Waals surface area contributed by atoms with Gasteiger partial charge in [-0.05, 0) is 87.2 Å². The summed E-state index contributed by atoms with van der Waals surface area (Å²) in [5, 5.41) is 12.4. The van der Waals surface area contributed by atoms with Crippen molar-refractivity contribution >= 4 is 33.0 Å². The van der Waals surface area contributed by atoms with Crippen molar-refractivity contribution in [2.45, 2.75) is 39.5 Å². The van der Waals surface area contributed by atoms with Gasteiger partial charge in [-0.15, -0.1) is 0 Å². The molecule has 0 N–H and O–H groups in total. The van der Waals surface area contributed by atoms with Crippen molar-refractivity contribution in [1.29, 1.82) is 5.26 Å². The summed E-state index contributed by atoms with van der Waals surface area (Å²) in [4.78, 5) is 5.35. The highest BCUT2D eigenvalue weighted by molar-refractivity contribution is 6.12. The number of para-hydroxylation sites is 3. The lowest BCUT2D eigenvalue weighted by molar-refractivity contribution is 0.668. The van der Waals surface area contributed by atoms with Gasteiger partial charge in [-0.3, -0.25) is 4.57 Å². The first-order valence-corrected chi connectivity index (χ1v) is 18.7. The van der Waals surface area contributed by atoms with E-state index in [1.807, 2.05) is 42.5 Å². The Morgan fingerprint density at radius 2 is 1.11 bits per heavy atom. The number of imidazole rings is 1. The Balaban J connectivity index is 1.28. The highest BCUT2D eigenvalue weighted by Gasteiger charge is 2.26. The van der Waals surface area contributed by atoms with Crippen LogP contribution in [0.3, 0.4) is 0 Å². The van der Waals surface area contributed by atoms with E-state index in [1.165, 1.54) is 33.4 Å². The molecule has 0 aliphatic rings. The molecule has 0 bridgehead atoms. The Hall–Kier alpha value is -6.70. The Morgan fingerprint density at radius 1 is 0.537 bits per heavy atom. The molecule has 0 spiro atoms. The molecule has 2 aromatic heterocycles. The van der Waals surface area contributed by atoms with Crippen LogP contribution in [0, 0.1) is 11.3 Å². The Bertz CT molecular complexity index is 2840. The van der Waals surface area contributed by atoms with Crippen molar-refractivity contribution in [3.63, 3.8) is 0 Å². The molecule has 0 saturated heterocycles. The number of hydrogen-bond acceptors (Lipinski definition) is 3. The molecule has 0 saturated carbocycles. The third kappa shape index (κ3) is 5.49. The Labute approximate surface area is 315 Å². The van der Waals surface area contributed by atoms with Crippen LogP contribution in [-0.4, -0.2) is 9.55 Å². The number of hydrogen-bond donors (Lipinski definition) is 0. The monoisotopic (exact) mass is 697 g/mol. The van der Waals surface area contributed by atoms with Crippen molar-refractivity contribution in [3.05, 3.63) is 168 Å². The summed E-state index contributed by atoms with van der Waals surface area (Å²) in [6.45, 7) is 9.10. The van der Waals surface area contributed by atoms with Gasteiger partial charge in [0.05, 0.1) is 22.3 Å². The predicted octanol–water partition coefficient (Wildman–Crippen LogP) is 13.7. The fourth-order valence-corrected chi connectivity index (χ4v) is 7.91. The van der Waals surface area contributed by atoms with Crippen LogP contribution >= 0.6 is 0 Å². The molecule has 4 nitrogen and oxygen atoms in total. The number of aromatic nitrogens is 2. The Kier molecular flexibility index (Phi) is 8.21. The molecule has 0 aliphatic heterocycles. The number of nitriles is 1. The molecule has 4 heteroatoms. The third-order valence-electron chi connectivity index (χ3n) is 10.6. The zero-order chi connectivity index (χ0) is 36.9. The van der Waals surface area contributed by atoms with Gasteiger partial charge < -0.3 is 4.42 Å². The Morgan fingerprint density at radius 3 is 1.76 bits per heavy atom. The van der Waals surface area contributed by atoms with Crippen LogP contribution in [0.4, 0.5) is 0 Å². The standard InChI is InChI=1S/C50H39N3O/c1-31(2)42-28-37(35-24-22-34(23-25-35)33-14-7-5-8-15-33)29-43(32(3)4)47(42)53-46-21-12-11-20-45(46)52-50(53)41-19-13-18-39-40-27-26-38(36-16-9-6-10-17-36)44(30-51)49(40)54-48(39)41/h5-29,31-32H,1-4H3. The van der Waals surface area contributed by atoms with Crippen molar-refractivity contribution in [3.8, 4) is 56.5 Å². The first-order chi connectivity index (χ1) is 26.4. The largest absolute Gasteiger partial charge is 0.454 e. The third-order valence-corrected chi connectivity index (χ3v) is 10.6. The van der Waals surface area contributed by atoms with Crippen LogP contribution in [0.5, 0.6) is 0 Å². The van der Waals surface area contributed by atoms with Crippen LogP contribution in [0.2, 0.25) is 0 Å². The lowest BCUT2D eigenvalue weighted by Gasteiger charge is -2.24. The van der Waals surface area contributed by atoms with Gasteiger partial charge in [0.1, 0.15) is 23.0 Å². The van der Waals surface area contributed by atoms with Gasteiger partial charge in [-0.1, -0.05) is 143 Å². The summed E-state index contributed by atoms with van der Waals surface area (Å²) < 4.78 is 9.16. The van der Waals surface area contributed by atoms with Gasteiger partial charge in [-0.2, -0.15) is 5.26 Å². The normalized spacial score (nSPS) is 11.6. The van der Waals surface area contributed by atoms with E-state index in [-0.39, 0.29) is 11.8 Å². The van der Waals surface area contributed by atoms with E-state index >= 15 is 0 Å². The SMILES string of the molecule is CC(C)c1cc(-c2ccc(-c3ccccc3)cc2)cc(C(C)C)c1-n1c(-c2cccc3c2oc2c(C#N)c(-c4ccccc4)ccc23)nc2ccccc21. The van der Waals surface area contributed by atoms with Gasteiger partial charge in [-0.25, -0.2) is 4.98 Å². The molecule has 0 fully saturated rings. The topological polar surface area (TPSA) is 54.8 Å². The maximum atomic E-state index is 10.5. The zero-order valence-electron chi connectivity index (χ0n) is 30.8. The molecule has 54 heavy (non-hydrogen) atoms. The average Bonchev–Trinajstić information content (AvgIpc) is 3.79. The lowest BCUT2D eigenvalue weighted by atomic mass is 9.87. The minimum atomic E-state index is 0.228.